The molecule has 1 saturated carbocycles. The summed E-state index contributed by atoms with van der Waals surface area (Å²) in [7, 11) is 0. The van der Waals surface area contributed by atoms with Gasteiger partial charge in [0.2, 0.25) is 0 Å². The molecule has 2 aromatic rings. The van der Waals surface area contributed by atoms with Gasteiger partial charge < -0.3 is 0 Å². The van der Waals surface area contributed by atoms with Gasteiger partial charge in [0, 0.05) is 19.5 Å². The minimum absolute atomic E-state index is 0.832. The summed E-state index contributed by atoms with van der Waals surface area (Å²) in [5, 5.41) is 0. The molecule has 2 heteroatoms. The first-order chi connectivity index (χ1) is 13.8. The highest BCUT2D eigenvalue weighted by atomic mass is 32.1. The lowest BCUT2D eigenvalue weighted by molar-refractivity contribution is 0.403. The van der Waals surface area contributed by atoms with Gasteiger partial charge in [-0.1, -0.05) is 52.4 Å². The molecule has 0 amide bonds. The molecule has 1 aliphatic carbocycles. The van der Waals surface area contributed by atoms with Crippen LogP contribution >= 0.6 is 22.7 Å². The largest absolute Gasteiger partial charge is 0.145 e. The van der Waals surface area contributed by atoms with Gasteiger partial charge in [0.15, 0.2) is 0 Å². The Hall–Kier alpha value is -0.600. The maximum Gasteiger partial charge on any atom is 0.00791 e. The SMILES string of the molecule is CCCCCCCCc1ccc(C2CCC(c3ccc(CCCC)s3)CC2)s1. The summed E-state index contributed by atoms with van der Waals surface area (Å²) in [5.41, 5.74) is 0. The Morgan fingerprint density at radius 2 is 1.07 bits per heavy atom. The molecular formula is C26H40S2. The van der Waals surface area contributed by atoms with Crippen LogP contribution in [-0.2, 0) is 12.8 Å². The summed E-state index contributed by atoms with van der Waals surface area (Å²) in [6.45, 7) is 4.59. The maximum atomic E-state index is 2.45. The Labute approximate surface area is 181 Å². The molecule has 0 spiro atoms. The zero-order valence-electron chi connectivity index (χ0n) is 18.2. The highest BCUT2D eigenvalue weighted by molar-refractivity contribution is 7.12. The van der Waals surface area contributed by atoms with E-state index in [1.54, 1.807) is 19.5 Å². The highest BCUT2D eigenvalue weighted by Gasteiger charge is 2.25. The molecule has 0 nitrogen and oxygen atoms in total. The number of thiophene rings is 2. The van der Waals surface area contributed by atoms with Crippen LogP contribution in [0.4, 0.5) is 0 Å². The average Bonchev–Trinajstić information content (AvgIpc) is 3.39. The third-order valence-corrected chi connectivity index (χ3v) is 9.07. The molecule has 0 unspecified atom stereocenters. The van der Waals surface area contributed by atoms with Crippen molar-refractivity contribution in [2.45, 2.75) is 116 Å². The van der Waals surface area contributed by atoms with Crippen LogP contribution in [0.15, 0.2) is 24.3 Å². The summed E-state index contributed by atoms with van der Waals surface area (Å²) < 4.78 is 0. The average molecular weight is 417 g/mol. The molecule has 3 rings (SSSR count). The van der Waals surface area contributed by atoms with Crippen molar-refractivity contribution in [3.05, 3.63) is 43.8 Å². The zero-order valence-corrected chi connectivity index (χ0v) is 19.8. The van der Waals surface area contributed by atoms with Crippen LogP contribution in [0.25, 0.3) is 0 Å². The van der Waals surface area contributed by atoms with Crippen molar-refractivity contribution in [1.29, 1.82) is 0 Å². The number of rotatable bonds is 12. The molecule has 0 radical (unpaired) electrons. The summed E-state index contributed by atoms with van der Waals surface area (Å²) >= 11 is 4.22. The molecule has 1 aliphatic rings. The lowest BCUT2D eigenvalue weighted by Crippen LogP contribution is -2.10. The van der Waals surface area contributed by atoms with Gasteiger partial charge in [-0.2, -0.15) is 0 Å². The molecule has 0 aromatic carbocycles. The molecule has 0 N–H and O–H groups in total. The summed E-state index contributed by atoms with van der Waals surface area (Å²) in [4.78, 5) is 6.58. The predicted octanol–water partition coefficient (Wildman–Crippen LogP) is 9.50. The van der Waals surface area contributed by atoms with E-state index in [2.05, 4.69) is 60.8 Å². The molecule has 156 valence electrons. The maximum absolute atomic E-state index is 2.45. The highest BCUT2D eigenvalue weighted by Crippen LogP contribution is 2.44. The van der Waals surface area contributed by atoms with Crippen molar-refractivity contribution in [3.8, 4) is 0 Å². The third-order valence-electron chi connectivity index (χ3n) is 6.45. The molecule has 0 atom stereocenters. The summed E-state index contributed by atoms with van der Waals surface area (Å²) in [6, 6.07) is 9.72. The predicted molar refractivity (Wildman–Crippen MR) is 128 cm³/mol. The van der Waals surface area contributed by atoms with Crippen molar-refractivity contribution < 1.29 is 0 Å². The Balaban J connectivity index is 1.40. The standard InChI is InChI=1S/C26H40S2/c1-3-5-7-8-9-10-12-24-18-20-26(28-24)22-15-13-21(14-16-22)25-19-17-23(27-25)11-6-4-2/h17-22H,3-16H2,1-2H3. The van der Waals surface area contributed by atoms with E-state index in [4.69, 9.17) is 0 Å². The van der Waals surface area contributed by atoms with Crippen LogP contribution in [0.5, 0.6) is 0 Å². The molecule has 0 aliphatic heterocycles. The van der Waals surface area contributed by atoms with Crippen molar-refractivity contribution in [2.24, 2.45) is 0 Å². The number of hydrogen-bond acceptors (Lipinski definition) is 2. The molecule has 0 saturated heterocycles. The summed E-state index contributed by atoms with van der Waals surface area (Å²) in [5.74, 6) is 1.67. The van der Waals surface area contributed by atoms with Gasteiger partial charge in [0.25, 0.3) is 0 Å². The smallest absolute Gasteiger partial charge is 0.00791 e. The first kappa shape index (κ1) is 22.1. The number of aryl methyl sites for hydroxylation is 2. The summed E-state index contributed by atoms with van der Waals surface area (Å²) in [6.07, 6.45) is 19.2. The normalized spacial score (nSPS) is 19.9. The van der Waals surface area contributed by atoms with Gasteiger partial charge in [-0.25, -0.2) is 0 Å². The second-order valence-corrected chi connectivity index (χ2v) is 11.2. The Morgan fingerprint density at radius 3 is 1.61 bits per heavy atom. The zero-order chi connectivity index (χ0) is 19.6. The van der Waals surface area contributed by atoms with Crippen LogP contribution in [-0.4, -0.2) is 0 Å². The quantitative estimate of drug-likeness (QED) is 0.302. The van der Waals surface area contributed by atoms with Gasteiger partial charge in [-0.05, 0) is 87.5 Å². The van der Waals surface area contributed by atoms with Gasteiger partial charge in [-0.15, -0.1) is 22.7 Å². The Morgan fingerprint density at radius 1 is 0.607 bits per heavy atom. The molecular weight excluding hydrogens is 376 g/mol. The van der Waals surface area contributed by atoms with E-state index in [0.29, 0.717) is 0 Å². The fraction of sp³-hybridized carbons (Fsp3) is 0.692. The molecule has 2 heterocycles. The molecule has 1 fully saturated rings. The minimum atomic E-state index is 0.832. The van der Waals surface area contributed by atoms with E-state index in [0.717, 1.165) is 11.8 Å². The second kappa shape index (κ2) is 12.2. The van der Waals surface area contributed by atoms with E-state index >= 15 is 0 Å². The lowest BCUT2D eigenvalue weighted by atomic mass is 9.81. The fourth-order valence-electron chi connectivity index (χ4n) is 4.59. The van der Waals surface area contributed by atoms with Crippen LogP contribution in [0.2, 0.25) is 0 Å². The number of unbranched alkanes of at least 4 members (excludes halogenated alkanes) is 6. The van der Waals surface area contributed by atoms with E-state index < -0.39 is 0 Å². The lowest BCUT2D eigenvalue weighted by Gasteiger charge is -2.27. The van der Waals surface area contributed by atoms with Crippen molar-refractivity contribution in [2.75, 3.05) is 0 Å². The fourth-order valence-corrected chi connectivity index (χ4v) is 7.04. The Bertz CT molecular complexity index is 658. The van der Waals surface area contributed by atoms with Crippen LogP contribution in [0, 0.1) is 0 Å². The van der Waals surface area contributed by atoms with Crippen LogP contribution in [0.3, 0.4) is 0 Å². The first-order valence-electron chi connectivity index (χ1n) is 12.0. The monoisotopic (exact) mass is 416 g/mol. The second-order valence-electron chi connectivity index (χ2n) is 8.78. The van der Waals surface area contributed by atoms with E-state index in [9.17, 15) is 0 Å². The van der Waals surface area contributed by atoms with Gasteiger partial charge >= 0.3 is 0 Å². The van der Waals surface area contributed by atoms with Crippen LogP contribution in [0.1, 0.15) is 122 Å². The van der Waals surface area contributed by atoms with Crippen LogP contribution < -0.4 is 0 Å². The van der Waals surface area contributed by atoms with Crippen molar-refractivity contribution in [3.63, 3.8) is 0 Å². The van der Waals surface area contributed by atoms with E-state index in [1.165, 1.54) is 89.9 Å². The van der Waals surface area contributed by atoms with Gasteiger partial charge in [-0.3, -0.25) is 0 Å². The number of hydrogen-bond donors (Lipinski definition) is 0. The van der Waals surface area contributed by atoms with E-state index in [-0.39, 0.29) is 0 Å². The van der Waals surface area contributed by atoms with Crippen molar-refractivity contribution in [1.82, 2.24) is 0 Å². The Kier molecular flexibility index (Phi) is 9.61. The van der Waals surface area contributed by atoms with Gasteiger partial charge in [0.1, 0.15) is 0 Å². The molecule has 28 heavy (non-hydrogen) atoms. The van der Waals surface area contributed by atoms with E-state index in [1.807, 2.05) is 0 Å². The topological polar surface area (TPSA) is 0 Å². The van der Waals surface area contributed by atoms with Gasteiger partial charge in [0.05, 0.1) is 0 Å². The minimum Gasteiger partial charge on any atom is -0.145 e. The molecule has 2 aromatic heterocycles. The molecule has 0 bridgehead atoms. The third kappa shape index (κ3) is 6.73. The van der Waals surface area contributed by atoms with Crippen molar-refractivity contribution >= 4 is 22.7 Å². The first-order valence-corrected chi connectivity index (χ1v) is 13.6.